The zero-order valence-corrected chi connectivity index (χ0v) is 14.7. The number of nitrogens with zero attached hydrogens (tertiary/aromatic N) is 3. The van der Waals surface area contributed by atoms with Crippen molar-refractivity contribution in [3.63, 3.8) is 0 Å². The largest absolute Gasteiger partial charge is 0.305 e. The number of aromatic nitrogens is 3. The molecule has 0 aliphatic rings. The number of ketones is 1. The van der Waals surface area contributed by atoms with Crippen LogP contribution in [0.2, 0.25) is 0 Å². The normalized spacial score (nSPS) is 12.1. The van der Waals surface area contributed by atoms with Crippen molar-refractivity contribution in [3.8, 4) is 11.4 Å². The lowest BCUT2D eigenvalue weighted by atomic mass is 10.1. The molecule has 0 aliphatic carbocycles. The molecule has 3 rings (SSSR count). The number of rotatable bonds is 5. The van der Waals surface area contributed by atoms with Gasteiger partial charge in [-0.2, -0.15) is 0 Å². The molecule has 0 spiro atoms. The molecule has 0 unspecified atom stereocenters. The van der Waals surface area contributed by atoms with Crippen molar-refractivity contribution >= 4 is 17.5 Å². The third-order valence-corrected chi connectivity index (χ3v) is 4.95. The Morgan fingerprint density at radius 1 is 1.08 bits per heavy atom. The van der Waals surface area contributed by atoms with Crippen LogP contribution in [0.3, 0.4) is 0 Å². The van der Waals surface area contributed by atoms with E-state index < -0.39 is 0 Å². The van der Waals surface area contributed by atoms with Crippen molar-refractivity contribution in [2.75, 3.05) is 0 Å². The molecule has 3 aromatic rings. The molecule has 0 bridgehead atoms. The van der Waals surface area contributed by atoms with E-state index in [1.807, 2.05) is 61.0 Å². The van der Waals surface area contributed by atoms with Gasteiger partial charge in [-0.15, -0.1) is 10.2 Å². The van der Waals surface area contributed by atoms with Crippen molar-refractivity contribution in [1.29, 1.82) is 0 Å². The van der Waals surface area contributed by atoms with E-state index in [2.05, 4.69) is 29.3 Å². The molecular weight excluding hydrogens is 318 g/mol. The molecule has 1 aromatic heterocycles. The Hall–Kier alpha value is -2.40. The molecule has 1 heterocycles. The van der Waals surface area contributed by atoms with Gasteiger partial charge in [-0.05, 0) is 19.9 Å². The van der Waals surface area contributed by atoms with E-state index in [1.54, 1.807) is 0 Å². The number of hydrogen-bond donors (Lipinski definition) is 0. The van der Waals surface area contributed by atoms with E-state index in [-0.39, 0.29) is 11.0 Å². The average molecular weight is 337 g/mol. The highest BCUT2D eigenvalue weighted by molar-refractivity contribution is 8.00. The maximum Gasteiger partial charge on any atom is 0.191 e. The fraction of sp³-hybridized carbons (Fsp3) is 0.211. The summed E-state index contributed by atoms with van der Waals surface area (Å²) in [5.74, 6) is 0.904. The summed E-state index contributed by atoms with van der Waals surface area (Å²) in [5, 5.41) is 9.07. The van der Waals surface area contributed by atoms with Gasteiger partial charge in [0.1, 0.15) is 0 Å². The van der Waals surface area contributed by atoms with Crippen LogP contribution in [0.1, 0.15) is 22.8 Å². The van der Waals surface area contributed by atoms with Gasteiger partial charge in [0, 0.05) is 18.2 Å². The lowest BCUT2D eigenvalue weighted by molar-refractivity contribution is 0.0994. The van der Waals surface area contributed by atoms with Crippen molar-refractivity contribution in [1.82, 2.24) is 14.8 Å². The molecule has 2 aromatic carbocycles. The standard InChI is InChI=1S/C19H19N3OS/c1-13-8-7-11-16(12-13)18-20-21-19(22(18)3)24-14(2)17(23)15-9-5-4-6-10-15/h4-12,14H,1-3H3/t14-/m0/s1. The summed E-state index contributed by atoms with van der Waals surface area (Å²) in [6.07, 6.45) is 0. The van der Waals surface area contributed by atoms with Gasteiger partial charge in [0.25, 0.3) is 0 Å². The quantitative estimate of drug-likeness (QED) is 0.518. The van der Waals surface area contributed by atoms with Crippen LogP contribution in [0.15, 0.2) is 59.8 Å². The lowest BCUT2D eigenvalue weighted by Crippen LogP contribution is -2.14. The Morgan fingerprint density at radius 3 is 2.54 bits per heavy atom. The Morgan fingerprint density at radius 2 is 1.83 bits per heavy atom. The SMILES string of the molecule is Cc1cccc(-c2nnc(S[C@@H](C)C(=O)c3ccccc3)n2C)c1. The van der Waals surface area contributed by atoms with E-state index in [0.717, 1.165) is 22.1 Å². The highest BCUT2D eigenvalue weighted by atomic mass is 32.2. The van der Waals surface area contributed by atoms with Crippen molar-refractivity contribution in [3.05, 3.63) is 65.7 Å². The molecule has 122 valence electrons. The predicted molar refractivity (Wildman–Crippen MR) is 97.3 cm³/mol. The van der Waals surface area contributed by atoms with Gasteiger partial charge in [0.2, 0.25) is 0 Å². The molecule has 0 amide bonds. The van der Waals surface area contributed by atoms with Crippen LogP contribution in [-0.2, 0) is 7.05 Å². The fourth-order valence-corrected chi connectivity index (χ4v) is 3.39. The van der Waals surface area contributed by atoms with Crippen LogP contribution in [0.5, 0.6) is 0 Å². The van der Waals surface area contributed by atoms with Gasteiger partial charge in [-0.25, -0.2) is 0 Å². The Kier molecular flexibility index (Phi) is 4.81. The van der Waals surface area contributed by atoms with Gasteiger partial charge < -0.3 is 4.57 Å². The average Bonchev–Trinajstić information content (AvgIpc) is 2.95. The molecule has 0 radical (unpaired) electrons. The number of hydrogen-bond acceptors (Lipinski definition) is 4. The van der Waals surface area contributed by atoms with Crippen LogP contribution in [0.4, 0.5) is 0 Å². The molecule has 0 N–H and O–H groups in total. The second kappa shape index (κ2) is 7.01. The molecule has 24 heavy (non-hydrogen) atoms. The number of Topliss-reactive ketones (excluding diaryl/α,β-unsaturated/α-hetero) is 1. The molecule has 5 heteroatoms. The zero-order chi connectivity index (χ0) is 17.1. The van der Waals surface area contributed by atoms with E-state index in [1.165, 1.54) is 17.3 Å². The third kappa shape index (κ3) is 3.41. The van der Waals surface area contributed by atoms with Crippen molar-refractivity contribution in [2.45, 2.75) is 24.3 Å². The van der Waals surface area contributed by atoms with E-state index in [0.29, 0.717) is 0 Å². The minimum atomic E-state index is -0.222. The minimum Gasteiger partial charge on any atom is -0.305 e. The fourth-order valence-electron chi connectivity index (χ4n) is 2.50. The van der Waals surface area contributed by atoms with Crippen LogP contribution in [0, 0.1) is 6.92 Å². The van der Waals surface area contributed by atoms with Crippen molar-refractivity contribution in [2.24, 2.45) is 7.05 Å². The molecule has 0 saturated carbocycles. The van der Waals surface area contributed by atoms with Crippen LogP contribution >= 0.6 is 11.8 Å². The summed E-state index contributed by atoms with van der Waals surface area (Å²) in [5.41, 5.74) is 2.93. The summed E-state index contributed by atoms with van der Waals surface area (Å²) >= 11 is 1.43. The number of benzene rings is 2. The number of aryl methyl sites for hydroxylation is 1. The summed E-state index contributed by atoms with van der Waals surface area (Å²) in [6, 6.07) is 17.5. The van der Waals surface area contributed by atoms with E-state index >= 15 is 0 Å². The first-order valence-corrected chi connectivity index (χ1v) is 8.66. The molecule has 0 fully saturated rings. The molecular formula is C19H19N3OS. The van der Waals surface area contributed by atoms with Gasteiger partial charge in [-0.1, -0.05) is 65.9 Å². The minimum absolute atomic E-state index is 0.0979. The molecule has 0 aliphatic heterocycles. The van der Waals surface area contributed by atoms with Crippen LogP contribution in [0.25, 0.3) is 11.4 Å². The van der Waals surface area contributed by atoms with Crippen LogP contribution in [-0.4, -0.2) is 25.8 Å². The summed E-state index contributed by atoms with van der Waals surface area (Å²) in [7, 11) is 1.93. The molecule has 4 nitrogen and oxygen atoms in total. The van der Waals surface area contributed by atoms with Gasteiger partial charge >= 0.3 is 0 Å². The second-order valence-electron chi connectivity index (χ2n) is 5.73. The maximum atomic E-state index is 12.5. The second-order valence-corrected chi connectivity index (χ2v) is 7.03. The highest BCUT2D eigenvalue weighted by Gasteiger charge is 2.20. The summed E-state index contributed by atoms with van der Waals surface area (Å²) < 4.78 is 1.94. The van der Waals surface area contributed by atoms with E-state index in [4.69, 9.17) is 0 Å². The first kappa shape index (κ1) is 16.5. The third-order valence-electron chi connectivity index (χ3n) is 3.82. The van der Waals surface area contributed by atoms with Gasteiger partial charge in [-0.3, -0.25) is 4.79 Å². The smallest absolute Gasteiger partial charge is 0.191 e. The van der Waals surface area contributed by atoms with Crippen molar-refractivity contribution < 1.29 is 4.79 Å². The van der Waals surface area contributed by atoms with Gasteiger partial charge in [0.15, 0.2) is 16.8 Å². The zero-order valence-electron chi connectivity index (χ0n) is 13.9. The topological polar surface area (TPSA) is 47.8 Å². The monoisotopic (exact) mass is 337 g/mol. The van der Waals surface area contributed by atoms with Crippen LogP contribution < -0.4 is 0 Å². The predicted octanol–water partition coefficient (Wildman–Crippen LogP) is 4.15. The first-order chi connectivity index (χ1) is 11.6. The maximum absolute atomic E-state index is 12.5. The molecule has 1 atom stereocenters. The first-order valence-electron chi connectivity index (χ1n) is 7.78. The molecule has 0 saturated heterocycles. The number of carbonyl (C=O) groups excluding carboxylic acids is 1. The Balaban J connectivity index is 1.80. The lowest BCUT2D eigenvalue weighted by Gasteiger charge is -2.10. The summed E-state index contributed by atoms with van der Waals surface area (Å²) in [4.78, 5) is 12.5. The number of thioether (sulfide) groups is 1. The van der Waals surface area contributed by atoms with Gasteiger partial charge in [0.05, 0.1) is 5.25 Å². The number of carbonyl (C=O) groups is 1. The Bertz CT molecular complexity index is 858. The Labute approximate surface area is 145 Å². The summed E-state index contributed by atoms with van der Waals surface area (Å²) in [6.45, 7) is 3.96. The van der Waals surface area contributed by atoms with E-state index in [9.17, 15) is 4.79 Å². The highest BCUT2D eigenvalue weighted by Crippen LogP contribution is 2.27.